The van der Waals surface area contributed by atoms with Crippen LogP contribution >= 0.6 is 0 Å². The van der Waals surface area contributed by atoms with E-state index in [-0.39, 0.29) is 0 Å². The van der Waals surface area contributed by atoms with Crippen molar-refractivity contribution in [1.29, 1.82) is 0 Å². The van der Waals surface area contributed by atoms with Crippen LogP contribution in [0.15, 0.2) is 30.3 Å². The number of carbonyl (C=O) groups is 1. The van der Waals surface area contributed by atoms with E-state index in [0.29, 0.717) is 0 Å². The van der Waals surface area contributed by atoms with Crippen LogP contribution in [0.25, 0.3) is 6.08 Å². The van der Waals surface area contributed by atoms with E-state index in [4.69, 9.17) is 5.11 Å². The minimum Gasteiger partial charge on any atom is -0.478 e. The highest BCUT2D eigenvalue weighted by Gasteiger charge is 2.17. The van der Waals surface area contributed by atoms with E-state index in [9.17, 15) is 4.79 Å². The highest BCUT2D eigenvalue weighted by atomic mass is 16.4. The van der Waals surface area contributed by atoms with Gasteiger partial charge in [-0.3, -0.25) is 4.90 Å². The van der Waals surface area contributed by atoms with Crippen molar-refractivity contribution in [2.75, 3.05) is 13.1 Å². The number of piperidine rings is 1. The third-order valence-electron chi connectivity index (χ3n) is 4.06. The molecule has 108 valence electrons. The van der Waals surface area contributed by atoms with Crippen molar-refractivity contribution >= 4 is 12.0 Å². The van der Waals surface area contributed by atoms with Gasteiger partial charge in [0.05, 0.1) is 0 Å². The summed E-state index contributed by atoms with van der Waals surface area (Å²) in [6.45, 7) is 5.59. The van der Waals surface area contributed by atoms with E-state index in [0.717, 1.165) is 18.0 Å². The molecule has 1 aromatic rings. The summed E-state index contributed by atoms with van der Waals surface area (Å²) in [6.07, 6.45) is 6.73. The molecule has 20 heavy (non-hydrogen) atoms. The van der Waals surface area contributed by atoms with Crippen LogP contribution in [0.5, 0.6) is 0 Å². The van der Waals surface area contributed by atoms with Gasteiger partial charge >= 0.3 is 5.97 Å². The molecule has 3 nitrogen and oxygen atoms in total. The Balaban J connectivity index is 1.93. The number of aliphatic carboxylic acids is 1. The van der Waals surface area contributed by atoms with Gasteiger partial charge in [-0.05, 0) is 49.1 Å². The lowest BCUT2D eigenvalue weighted by molar-refractivity contribution is -0.131. The Kier molecular flexibility index (Phi) is 5.36. The average Bonchev–Trinajstić information content (AvgIpc) is 2.46. The minimum absolute atomic E-state index is 0.899. The molecule has 1 fully saturated rings. The molecular formula is C17H23NO2. The molecule has 3 heteroatoms. The number of likely N-dealkylation sites (tertiary alicyclic amines) is 1. The number of hydrogen-bond acceptors (Lipinski definition) is 2. The fourth-order valence-electron chi connectivity index (χ4n) is 2.77. The molecule has 0 spiro atoms. The van der Waals surface area contributed by atoms with Crippen LogP contribution < -0.4 is 0 Å². The van der Waals surface area contributed by atoms with Crippen LogP contribution in [0.3, 0.4) is 0 Å². The average molecular weight is 273 g/mol. The summed E-state index contributed by atoms with van der Waals surface area (Å²) >= 11 is 0. The molecule has 0 aliphatic carbocycles. The van der Waals surface area contributed by atoms with Gasteiger partial charge in [-0.2, -0.15) is 0 Å². The number of hydrogen-bond donors (Lipinski definition) is 1. The van der Waals surface area contributed by atoms with E-state index >= 15 is 0 Å². The number of nitrogens with zero attached hydrogens (tertiary/aromatic N) is 1. The van der Waals surface area contributed by atoms with E-state index in [1.165, 1.54) is 44.0 Å². The van der Waals surface area contributed by atoms with Gasteiger partial charge in [0.1, 0.15) is 0 Å². The van der Waals surface area contributed by atoms with Crippen molar-refractivity contribution in [2.24, 2.45) is 5.92 Å². The second-order valence-corrected chi connectivity index (χ2v) is 5.54. The van der Waals surface area contributed by atoms with Crippen LogP contribution in [0.4, 0.5) is 0 Å². The number of benzene rings is 1. The van der Waals surface area contributed by atoms with Crippen LogP contribution in [-0.4, -0.2) is 29.1 Å². The maximum atomic E-state index is 10.5. The van der Waals surface area contributed by atoms with E-state index in [1.807, 2.05) is 12.1 Å². The summed E-state index contributed by atoms with van der Waals surface area (Å²) in [7, 11) is 0. The molecule has 0 unspecified atom stereocenters. The molecule has 1 aliphatic heterocycles. The molecule has 0 saturated carbocycles. The smallest absolute Gasteiger partial charge is 0.328 e. The zero-order chi connectivity index (χ0) is 14.4. The van der Waals surface area contributed by atoms with Gasteiger partial charge in [-0.25, -0.2) is 4.79 Å². The molecule has 1 N–H and O–H groups in total. The lowest BCUT2D eigenvalue weighted by atomic mass is 9.94. The Morgan fingerprint density at radius 2 is 2.15 bits per heavy atom. The Morgan fingerprint density at radius 3 is 2.80 bits per heavy atom. The van der Waals surface area contributed by atoms with Crippen molar-refractivity contribution < 1.29 is 9.90 Å². The predicted molar refractivity (Wildman–Crippen MR) is 81.4 cm³/mol. The van der Waals surface area contributed by atoms with Gasteiger partial charge in [0.25, 0.3) is 0 Å². The molecule has 0 aromatic heterocycles. The normalized spacial score (nSPS) is 17.6. The predicted octanol–water partition coefficient (Wildman–Crippen LogP) is 3.41. The largest absolute Gasteiger partial charge is 0.478 e. The Labute approximate surface area is 120 Å². The maximum absolute atomic E-state index is 10.5. The molecule has 0 amide bonds. The van der Waals surface area contributed by atoms with E-state index in [2.05, 4.69) is 24.0 Å². The number of carboxylic acid groups (broad SMARTS) is 1. The second kappa shape index (κ2) is 7.25. The lowest BCUT2D eigenvalue weighted by Gasteiger charge is -2.31. The molecular weight excluding hydrogens is 250 g/mol. The standard InChI is InChI=1S/C17H23NO2/c1-2-14-8-10-18(11-9-14)13-16-5-3-4-15(12-16)6-7-17(19)20/h3-7,12,14H,2,8-11,13H2,1H3,(H,19,20). The summed E-state index contributed by atoms with van der Waals surface area (Å²) < 4.78 is 0. The van der Waals surface area contributed by atoms with E-state index in [1.54, 1.807) is 6.08 Å². The molecule has 1 heterocycles. The fourth-order valence-corrected chi connectivity index (χ4v) is 2.77. The molecule has 1 aromatic carbocycles. The number of rotatable bonds is 5. The zero-order valence-electron chi connectivity index (χ0n) is 12.1. The van der Waals surface area contributed by atoms with Gasteiger partial charge in [0, 0.05) is 12.6 Å². The maximum Gasteiger partial charge on any atom is 0.328 e. The SMILES string of the molecule is CCC1CCN(Cc2cccc(C=CC(=O)O)c2)CC1. The summed E-state index contributed by atoms with van der Waals surface area (Å²) in [4.78, 5) is 13.0. The quantitative estimate of drug-likeness (QED) is 0.836. The Morgan fingerprint density at radius 1 is 1.40 bits per heavy atom. The van der Waals surface area contributed by atoms with Crippen molar-refractivity contribution in [3.63, 3.8) is 0 Å². The molecule has 1 saturated heterocycles. The van der Waals surface area contributed by atoms with Crippen LogP contribution in [0.1, 0.15) is 37.3 Å². The zero-order valence-corrected chi connectivity index (χ0v) is 12.1. The lowest BCUT2D eigenvalue weighted by Crippen LogP contribution is -2.32. The second-order valence-electron chi connectivity index (χ2n) is 5.54. The van der Waals surface area contributed by atoms with Crippen molar-refractivity contribution in [2.45, 2.75) is 32.7 Å². The van der Waals surface area contributed by atoms with Gasteiger partial charge in [-0.15, -0.1) is 0 Å². The highest BCUT2D eigenvalue weighted by Crippen LogP contribution is 2.21. The first-order valence-electron chi connectivity index (χ1n) is 7.39. The third kappa shape index (κ3) is 4.49. The van der Waals surface area contributed by atoms with Crippen LogP contribution in [0.2, 0.25) is 0 Å². The minimum atomic E-state index is -0.906. The summed E-state index contributed by atoms with van der Waals surface area (Å²) in [5, 5.41) is 8.66. The monoisotopic (exact) mass is 273 g/mol. The third-order valence-corrected chi connectivity index (χ3v) is 4.06. The fraction of sp³-hybridized carbons (Fsp3) is 0.471. The van der Waals surface area contributed by atoms with E-state index < -0.39 is 5.97 Å². The molecule has 0 bridgehead atoms. The van der Waals surface area contributed by atoms with Crippen molar-refractivity contribution in [1.82, 2.24) is 4.90 Å². The van der Waals surface area contributed by atoms with Gasteiger partial charge in [-0.1, -0.05) is 37.6 Å². The highest BCUT2D eigenvalue weighted by molar-refractivity contribution is 5.85. The van der Waals surface area contributed by atoms with Crippen molar-refractivity contribution in [3.05, 3.63) is 41.5 Å². The first kappa shape index (κ1) is 14.8. The number of carboxylic acids is 1. The van der Waals surface area contributed by atoms with Gasteiger partial charge in [0.15, 0.2) is 0 Å². The molecule has 0 atom stereocenters. The van der Waals surface area contributed by atoms with Crippen LogP contribution in [0, 0.1) is 5.92 Å². The summed E-state index contributed by atoms with van der Waals surface area (Å²) in [6, 6.07) is 8.12. The Bertz CT molecular complexity index is 474. The molecule has 1 aliphatic rings. The molecule has 0 radical (unpaired) electrons. The molecule has 2 rings (SSSR count). The van der Waals surface area contributed by atoms with Gasteiger partial charge < -0.3 is 5.11 Å². The summed E-state index contributed by atoms with van der Waals surface area (Å²) in [5.74, 6) is -0.00637. The van der Waals surface area contributed by atoms with Crippen LogP contribution in [-0.2, 0) is 11.3 Å². The first-order chi connectivity index (χ1) is 9.67. The Hall–Kier alpha value is -1.61. The van der Waals surface area contributed by atoms with Crippen molar-refractivity contribution in [3.8, 4) is 0 Å². The first-order valence-corrected chi connectivity index (χ1v) is 7.39. The summed E-state index contributed by atoms with van der Waals surface area (Å²) in [5.41, 5.74) is 2.21. The topological polar surface area (TPSA) is 40.5 Å². The van der Waals surface area contributed by atoms with Gasteiger partial charge in [0.2, 0.25) is 0 Å².